The lowest BCUT2D eigenvalue weighted by molar-refractivity contribution is 0.396. The summed E-state index contributed by atoms with van der Waals surface area (Å²) >= 11 is 3.65. The molecule has 0 bridgehead atoms. The van der Waals surface area contributed by atoms with Gasteiger partial charge in [0.25, 0.3) is 0 Å². The van der Waals surface area contributed by atoms with Crippen molar-refractivity contribution in [2.75, 3.05) is 45.2 Å². The molecule has 1 heterocycles. The largest absolute Gasteiger partial charge is 0.374 e. The number of nitrogens with zero attached hydrogens (tertiary/aromatic N) is 2. The van der Waals surface area contributed by atoms with Crippen LogP contribution in [-0.4, -0.2) is 45.2 Å². The van der Waals surface area contributed by atoms with Gasteiger partial charge in [0.2, 0.25) is 0 Å². The summed E-state index contributed by atoms with van der Waals surface area (Å²) < 4.78 is 1.17. The second kappa shape index (κ2) is 6.73. The van der Waals surface area contributed by atoms with Gasteiger partial charge in [0.15, 0.2) is 0 Å². The normalized spacial score (nSPS) is 19.9. The Kier molecular flexibility index (Phi) is 5.25. The first kappa shape index (κ1) is 14.8. The summed E-state index contributed by atoms with van der Waals surface area (Å²) in [6.45, 7) is 4.28. The fourth-order valence-corrected chi connectivity index (χ4v) is 3.36. The summed E-state index contributed by atoms with van der Waals surface area (Å²) in [4.78, 5) is 4.78. The van der Waals surface area contributed by atoms with Crippen molar-refractivity contribution in [2.24, 2.45) is 11.7 Å². The molecule has 1 atom stereocenters. The van der Waals surface area contributed by atoms with Crippen molar-refractivity contribution in [1.29, 1.82) is 0 Å². The standard InChI is InChI=1S/C15H24BrN3/c1-18-8-6-12(10-18)11-19(2)14-4-3-13(5-7-17)15(16)9-14/h3-4,9,12H,5-8,10-11,17H2,1-2H3. The second-order valence-electron chi connectivity index (χ2n) is 5.61. The minimum absolute atomic E-state index is 0.697. The van der Waals surface area contributed by atoms with Crippen molar-refractivity contribution in [1.82, 2.24) is 4.90 Å². The molecule has 2 N–H and O–H groups in total. The molecule has 1 unspecified atom stereocenters. The van der Waals surface area contributed by atoms with Crippen LogP contribution in [0, 0.1) is 5.92 Å². The van der Waals surface area contributed by atoms with E-state index in [-0.39, 0.29) is 0 Å². The zero-order valence-electron chi connectivity index (χ0n) is 11.9. The molecule has 4 heteroatoms. The lowest BCUT2D eigenvalue weighted by Gasteiger charge is -2.24. The van der Waals surface area contributed by atoms with Gasteiger partial charge in [-0.25, -0.2) is 0 Å². The predicted molar refractivity (Wildman–Crippen MR) is 85.8 cm³/mol. The Labute approximate surface area is 124 Å². The fraction of sp³-hybridized carbons (Fsp3) is 0.600. The maximum absolute atomic E-state index is 5.61. The Morgan fingerprint density at radius 2 is 2.26 bits per heavy atom. The Morgan fingerprint density at radius 1 is 1.47 bits per heavy atom. The maximum Gasteiger partial charge on any atom is 0.0375 e. The third-order valence-corrected chi connectivity index (χ3v) is 4.65. The molecule has 0 amide bonds. The van der Waals surface area contributed by atoms with Crippen LogP contribution in [-0.2, 0) is 6.42 Å². The molecule has 19 heavy (non-hydrogen) atoms. The van der Waals surface area contributed by atoms with Crippen molar-refractivity contribution in [3.63, 3.8) is 0 Å². The topological polar surface area (TPSA) is 32.5 Å². The van der Waals surface area contributed by atoms with Crippen LogP contribution in [0.4, 0.5) is 5.69 Å². The molecule has 1 saturated heterocycles. The van der Waals surface area contributed by atoms with Crippen LogP contribution < -0.4 is 10.6 Å². The van der Waals surface area contributed by atoms with E-state index < -0.39 is 0 Å². The highest BCUT2D eigenvalue weighted by Gasteiger charge is 2.21. The molecule has 3 nitrogen and oxygen atoms in total. The number of nitrogens with two attached hydrogens (primary N) is 1. The molecule has 0 aromatic heterocycles. The van der Waals surface area contributed by atoms with Gasteiger partial charge in [-0.2, -0.15) is 0 Å². The summed E-state index contributed by atoms with van der Waals surface area (Å²) in [7, 11) is 4.39. The molecule has 1 fully saturated rings. The number of benzene rings is 1. The van der Waals surface area contributed by atoms with E-state index in [0.717, 1.165) is 18.9 Å². The van der Waals surface area contributed by atoms with E-state index >= 15 is 0 Å². The van der Waals surface area contributed by atoms with Crippen molar-refractivity contribution in [3.05, 3.63) is 28.2 Å². The van der Waals surface area contributed by atoms with E-state index in [1.807, 2.05) is 0 Å². The molecule has 0 aliphatic carbocycles. The summed E-state index contributed by atoms with van der Waals surface area (Å²) in [6, 6.07) is 6.60. The van der Waals surface area contributed by atoms with E-state index in [9.17, 15) is 0 Å². The van der Waals surface area contributed by atoms with Gasteiger partial charge >= 0.3 is 0 Å². The second-order valence-corrected chi connectivity index (χ2v) is 6.47. The Bertz CT molecular complexity index is 422. The minimum Gasteiger partial charge on any atom is -0.374 e. The van der Waals surface area contributed by atoms with Gasteiger partial charge in [0.05, 0.1) is 0 Å². The zero-order chi connectivity index (χ0) is 13.8. The van der Waals surface area contributed by atoms with E-state index in [0.29, 0.717) is 6.54 Å². The molecule has 0 saturated carbocycles. The highest BCUT2D eigenvalue weighted by Crippen LogP contribution is 2.25. The smallest absolute Gasteiger partial charge is 0.0375 e. The predicted octanol–water partition coefficient (Wildman–Crippen LogP) is 2.34. The quantitative estimate of drug-likeness (QED) is 0.901. The Hall–Kier alpha value is -0.580. The van der Waals surface area contributed by atoms with Crippen molar-refractivity contribution in [3.8, 4) is 0 Å². The number of anilines is 1. The molecule has 1 aromatic rings. The van der Waals surface area contributed by atoms with E-state index in [1.165, 1.54) is 35.2 Å². The molecule has 1 aliphatic rings. The Balaban J connectivity index is 1.98. The first-order chi connectivity index (χ1) is 9.10. The summed E-state index contributed by atoms with van der Waals surface area (Å²) in [6.07, 6.45) is 2.24. The molecular weight excluding hydrogens is 302 g/mol. The molecular formula is C15H24BrN3. The number of halogens is 1. The summed E-state index contributed by atoms with van der Waals surface area (Å²) in [5, 5.41) is 0. The first-order valence-electron chi connectivity index (χ1n) is 6.98. The highest BCUT2D eigenvalue weighted by atomic mass is 79.9. The van der Waals surface area contributed by atoms with Crippen molar-refractivity contribution < 1.29 is 0 Å². The number of rotatable bonds is 5. The molecule has 2 rings (SSSR count). The SMILES string of the molecule is CN1CCC(CN(C)c2ccc(CCN)c(Br)c2)C1. The van der Waals surface area contributed by atoms with Crippen LogP contribution in [0.3, 0.4) is 0 Å². The zero-order valence-corrected chi connectivity index (χ0v) is 13.5. The van der Waals surface area contributed by atoms with Crippen LogP contribution in [0.5, 0.6) is 0 Å². The minimum atomic E-state index is 0.697. The van der Waals surface area contributed by atoms with E-state index in [1.54, 1.807) is 0 Å². The van der Waals surface area contributed by atoms with Crippen molar-refractivity contribution >= 4 is 21.6 Å². The van der Waals surface area contributed by atoms with Crippen LogP contribution >= 0.6 is 15.9 Å². The van der Waals surface area contributed by atoms with Crippen molar-refractivity contribution in [2.45, 2.75) is 12.8 Å². The number of hydrogen-bond acceptors (Lipinski definition) is 3. The summed E-state index contributed by atoms with van der Waals surface area (Å²) in [5.41, 5.74) is 8.18. The van der Waals surface area contributed by atoms with Gasteiger partial charge in [-0.15, -0.1) is 0 Å². The van der Waals surface area contributed by atoms with Crippen LogP contribution in [0.2, 0.25) is 0 Å². The third-order valence-electron chi connectivity index (χ3n) is 3.91. The van der Waals surface area contributed by atoms with Gasteiger partial charge in [0, 0.05) is 30.3 Å². The number of likely N-dealkylation sites (tertiary alicyclic amines) is 1. The van der Waals surface area contributed by atoms with Gasteiger partial charge in [-0.1, -0.05) is 22.0 Å². The molecule has 0 radical (unpaired) electrons. The highest BCUT2D eigenvalue weighted by molar-refractivity contribution is 9.10. The lowest BCUT2D eigenvalue weighted by atomic mass is 10.1. The van der Waals surface area contributed by atoms with Gasteiger partial charge in [-0.05, 0) is 56.6 Å². The summed E-state index contributed by atoms with van der Waals surface area (Å²) in [5.74, 6) is 0.789. The van der Waals surface area contributed by atoms with E-state index in [2.05, 4.69) is 58.0 Å². The number of hydrogen-bond donors (Lipinski definition) is 1. The average Bonchev–Trinajstić information content (AvgIpc) is 2.77. The van der Waals surface area contributed by atoms with E-state index in [4.69, 9.17) is 5.73 Å². The van der Waals surface area contributed by atoms with Crippen LogP contribution in [0.15, 0.2) is 22.7 Å². The van der Waals surface area contributed by atoms with Crippen LogP contribution in [0.25, 0.3) is 0 Å². The van der Waals surface area contributed by atoms with Gasteiger partial charge in [0.1, 0.15) is 0 Å². The molecule has 1 aromatic carbocycles. The lowest BCUT2D eigenvalue weighted by Crippen LogP contribution is -2.27. The van der Waals surface area contributed by atoms with Crippen LogP contribution in [0.1, 0.15) is 12.0 Å². The Morgan fingerprint density at radius 3 is 2.84 bits per heavy atom. The maximum atomic E-state index is 5.61. The first-order valence-corrected chi connectivity index (χ1v) is 7.77. The average molecular weight is 326 g/mol. The molecule has 0 spiro atoms. The molecule has 106 valence electrons. The fourth-order valence-electron chi connectivity index (χ4n) is 2.80. The molecule has 1 aliphatic heterocycles. The third kappa shape index (κ3) is 3.94. The van der Waals surface area contributed by atoms with Gasteiger partial charge < -0.3 is 15.5 Å². The van der Waals surface area contributed by atoms with Gasteiger partial charge in [-0.3, -0.25) is 0 Å². The monoisotopic (exact) mass is 325 g/mol.